The first-order chi connectivity index (χ1) is 10.2. The van der Waals surface area contributed by atoms with Crippen molar-refractivity contribution in [2.24, 2.45) is 5.73 Å². The van der Waals surface area contributed by atoms with E-state index in [0.29, 0.717) is 12.2 Å². The Labute approximate surface area is 149 Å². The third kappa shape index (κ3) is 4.46. The molecule has 0 bridgehead atoms. The number of rotatable bonds is 4. The van der Waals surface area contributed by atoms with Gasteiger partial charge in [0, 0.05) is 19.6 Å². The quantitative estimate of drug-likeness (QED) is 0.855. The van der Waals surface area contributed by atoms with Gasteiger partial charge in [-0.1, -0.05) is 12.8 Å². The summed E-state index contributed by atoms with van der Waals surface area (Å²) in [5.41, 5.74) is 5.97. The fourth-order valence-corrected chi connectivity index (χ4v) is 3.30. The van der Waals surface area contributed by atoms with Crippen LogP contribution in [0, 0.1) is 0 Å². The summed E-state index contributed by atoms with van der Waals surface area (Å²) >= 11 is 0. The second-order valence-corrected chi connectivity index (χ2v) is 6.12. The molecule has 23 heavy (non-hydrogen) atoms. The molecule has 1 saturated carbocycles. The van der Waals surface area contributed by atoms with Crippen LogP contribution in [0.2, 0.25) is 0 Å². The summed E-state index contributed by atoms with van der Waals surface area (Å²) in [7, 11) is 0. The Kier molecular flexibility index (Phi) is 7.51. The van der Waals surface area contributed by atoms with Gasteiger partial charge in [0.2, 0.25) is 0 Å². The zero-order valence-electron chi connectivity index (χ0n) is 13.2. The number of amides is 1. The predicted octanol–water partition coefficient (Wildman–Crippen LogP) is 1.92. The molecule has 130 valence electrons. The average Bonchev–Trinajstić information content (AvgIpc) is 3.19. The monoisotopic (exact) mass is 361 g/mol. The highest BCUT2D eigenvalue weighted by Crippen LogP contribution is 2.28. The van der Waals surface area contributed by atoms with Crippen LogP contribution in [0.15, 0.2) is 12.1 Å². The highest BCUT2D eigenvalue weighted by molar-refractivity contribution is 5.92. The van der Waals surface area contributed by atoms with E-state index in [1.165, 1.54) is 12.8 Å². The van der Waals surface area contributed by atoms with Crippen LogP contribution in [-0.4, -0.2) is 41.3 Å². The van der Waals surface area contributed by atoms with Gasteiger partial charge in [-0.15, -0.1) is 35.0 Å². The molecule has 2 aliphatic rings. The van der Waals surface area contributed by atoms with E-state index in [1.807, 2.05) is 6.07 Å². The van der Waals surface area contributed by atoms with Crippen LogP contribution in [0.4, 0.5) is 5.82 Å². The molecule has 6 nitrogen and oxygen atoms in total. The van der Waals surface area contributed by atoms with Crippen molar-refractivity contribution in [2.75, 3.05) is 24.5 Å². The van der Waals surface area contributed by atoms with Crippen LogP contribution in [0.25, 0.3) is 0 Å². The van der Waals surface area contributed by atoms with Crippen LogP contribution in [0.5, 0.6) is 0 Å². The molecule has 1 saturated heterocycles. The second-order valence-electron chi connectivity index (χ2n) is 6.12. The Balaban J connectivity index is 0.00000132. The van der Waals surface area contributed by atoms with Crippen molar-refractivity contribution in [3.05, 3.63) is 17.8 Å². The van der Waals surface area contributed by atoms with Crippen LogP contribution < -0.4 is 16.0 Å². The van der Waals surface area contributed by atoms with Crippen molar-refractivity contribution >= 4 is 36.5 Å². The number of hydrogen-bond acceptors (Lipinski definition) is 5. The van der Waals surface area contributed by atoms with Gasteiger partial charge in [0.15, 0.2) is 11.5 Å². The van der Waals surface area contributed by atoms with Crippen LogP contribution in [0.3, 0.4) is 0 Å². The molecule has 1 aromatic rings. The fourth-order valence-electron chi connectivity index (χ4n) is 3.30. The Morgan fingerprint density at radius 2 is 1.78 bits per heavy atom. The molecular formula is C15H25Cl2N5O. The summed E-state index contributed by atoms with van der Waals surface area (Å²) in [6.07, 6.45) is 6.54. The van der Waals surface area contributed by atoms with Crippen molar-refractivity contribution in [3.63, 3.8) is 0 Å². The fraction of sp³-hybridized carbons (Fsp3) is 0.667. The molecule has 1 amide bonds. The van der Waals surface area contributed by atoms with E-state index in [9.17, 15) is 4.79 Å². The number of halogens is 2. The number of nitrogens with two attached hydrogens (primary N) is 1. The van der Waals surface area contributed by atoms with Gasteiger partial charge in [0.05, 0.1) is 5.54 Å². The van der Waals surface area contributed by atoms with Crippen molar-refractivity contribution in [2.45, 2.75) is 44.1 Å². The normalized spacial score (nSPS) is 18.9. The maximum absolute atomic E-state index is 12.3. The highest BCUT2D eigenvalue weighted by Gasteiger charge is 2.34. The maximum Gasteiger partial charge on any atom is 0.272 e. The predicted molar refractivity (Wildman–Crippen MR) is 95.7 cm³/mol. The van der Waals surface area contributed by atoms with Gasteiger partial charge in [-0.2, -0.15) is 0 Å². The van der Waals surface area contributed by atoms with Crippen molar-refractivity contribution < 1.29 is 4.79 Å². The van der Waals surface area contributed by atoms with E-state index < -0.39 is 0 Å². The van der Waals surface area contributed by atoms with Gasteiger partial charge >= 0.3 is 0 Å². The molecule has 8 heteroatoms. The minimum Gasteiger partial charge on any atom is -0.355 e. The maximum atomic E-state index is 12.3. The van der Waals surface area contributed by atoms with E-state index in [0.717, 1.165) is 44.6 Å². The third-order valence-electron chi connectivity index (χ3n) is 4.64. The van der Waals surface area contributed by atoms with Crippen LogP contribution >= 0.6 is 24.8 Å². The first kappa shape index (κ1) is 19.9. The topological polar surface area (TPSA) is 84.1 Å². The summed E-state index contributed by atoms with van der Waals surface area (Å²) in [5, 5.41) is 11.3. The number of carbonyl (C=O) groups is 1. The van der Waals surface area contributed by atoms with Gasteiger partial charge in [-0.05, 0) is 37.8 Å². The standard InChI is InChI=1S/C15H23N5O.2ClH/c16-11-15(7-1-2-8-15)17-14(21)12-5-6-13(19-18-12)20-9-3-4-10-20;;/h5-6H,1-4,7-11,16H2,(H,17,21);2*1H. The summed E-state index contributed by atoms with van der Waals surface area (Å²) in [4.78, 5) is 14.5. The Morgan fingerprint density at radius 3 is 2.30 bits per heavy atom. The highest BCUT2D eigenvalue weighted by atomic mass is 35.5. The molecule has 3 N–H and O–H groups in total. The molecule has 0 aromatic carbocycles. The lowest BCUT2D eigenvalue weighted by Crippen LogP contribution is -2.51. The van der Waals surface area contributed by atoms with E-state index in [4.69, 9.17) is 5.73 Å². The van der Waals surface area contributed by atoms with Gasteiger partial charge in [-0.3, -0.25) is 4.79 Å². The molecule has 0 spiro atoms. The molecule has 0 unspecified atom stereocenters. The average molecular weight is 362 g/mol. The van der Waals surface area contributed by atoms with Crippen LogP contribution in [0.1, 0.15) is 49.0 Å². The Bertz CT molecular complexity index is 499. The SMILES string of the molecule is Cl.Cl.NCC1(NC(=O)c2ccc(N3CCCC3)nn2)CCCC1. The second kappa shape index (κ2) is 8.66. The zero-order chi connectivity index (χ0) is 14.7. The summed E-state index contributed by atoms with van der Waals surface area (Å²) in [6.45, 7) is 2.53. The molecule has 1 aliphatic heterocycles. The molecule has 0 radical (unpaired) electrons. The number of anilines is 1. The molecule has 2 fully saturated rings. The van der Waals surface area contributed by atoms with E-state index in [1.54, 1.807) is 6.07 Å². The molecule has 2 heterocycles. The number of carbonyl (C=O) groups excluding carboxylic acids is 1. The molecule has 3 rings (SSSR count). The number of aromatic nitrogens is 2. The lowest BCUT2D eigenvalue weighted by atomic mass is 9.97. The molecule has 1 aromatic heterocycles. The van der Waals surface area contributed by atoms with Gasteiger partial charge in [0.1, 0.15) is 0 Å². The number of hydrogen-bond donors (Lipinski definition) is 2. The molecule has 1 aliphatic carbocycles. The Hall–Kier alpha value is -1.11. The number of nitrogens with one attached hydrogen (secondary N) is 1. The minimum atomic E-state index is -0.244. The van der Waals surface area contributed by atoms with Gasteiger partial charge < -0.3 is 16.0 Å². The first-order valence-corrected chi connectivity index (χ1v) is 7.84. The first-order valence-electron chi connectivity index (χ1n) is 7.84. The lowest BCUT2D eigenvalue weighted by Gasteiger charge is -2.28. The van der Waals surface area contributed by atoms with Gasteiger partial charge in [0.25, 0.3) is 5.91 Å². The lowest BCUT2D eigenvalue weighted by molar-refractivity contribution is 0.0897. The third-order valence-corrected chi connectivity index (χ3v) is 4.64. The smallest absolute Gasteiger partial charge is 0.272 e. The largest absolute Gasteiger partial charge is 0.355 e. The van der Waals surface area contributed by atoms with E-state index in [-0.39, 0.29) is 36.3 Å². The molecular weight excluding hydrogens is 337 g/mol. The van der Waals surface area contributed by atoms with Crippen LogP contribution in [-0.2, 0) is 0 Å². The summed E-state index contributed by atoms with van der Waals surface area (Å²) in [5.74, 6) is 0.696. The van der Waals surface area contributed by atoms with Crippen molar-refractivity contribution in [1.29, 1.82) is 0 Å². The zero-order valence-corrected chi connectivity index (χ0v) is 14.8. The minimum absolute atomic E-state index is 0. The van der Waals surface area contributed by atoms with Gasteiger partial charge in [-0.25, -0.2) is 0 Å². The number of nitrogens with zero attached hydrogens (tertiary/aromatic N) is 3. The van der Waals surface area contributed by atoms with E-state index >= 15 is 0 Å². The van der Waals surface area contributed by atoms with Crippen molar-refractivity contribution in [3.8, 4) is 0 Å². The summed E-state index contributed by atoms with van der Waals surface area (Å²) < 4.78 is 0. The Morgan fingerprint density at radius 1 is 1.13 bits per heavy atom. The molecule has 0 atom stereocenters. The van der Waals surface area contributed by atoms with E-state index in [2.05, 4.69) is 20.4 Å². The summed E-state index contributed by atoms with van der Waals surface area (Å²) in [6, 6.07) is 3.64. The van der Waals surface area contributed by atoms with Crippen molar-refractivity contribution in [1.82, 2.24) is 15.5 Å².